The number of hydrogen-bond donors (Lipinski definition) is 1. The molecule has 0 bridgehead atoms. The molecule has 0 atom stereocenters. The number of nitrogens with zero attached hydrogens (tertiary/aromatic N) is 1. The predicted molar refractivity (Wildman–Crippen MR) is 88.4 cm³/mol. The van der Waals surface area contributed by atoms with E-state index < -0.39 is 4.92 Å². The molecular formula is C16H14N2O3S. The van der Waals surface area contributed by atoms with Crippen molar-refractivity contribution in [2.75, 3.05) is 11.1 Å². The second-order valence-corrected chi connectivity index (χ2v) is 5.42. The van der Waals surface area contributed by atoms with Crippen LogP contribution in [-0.4, -0.2) is 16.6 Å². The first-order chi connectivity index (χ1) is 10.6. The third-order valence-corrected chi connectivity index (χ3v) is 3.87. The second kappa shape index (κ2) is 7.42. The maximum absolute atomic E-state index is 12.4. The molecule has 0 spiro atoms. The van der Waals surface area contributed by atoms with E-state index in [1.165, 1.54) is 30.0 Å². The van der Waals surface area contributed by atoms with E-state index >= 15 is 0 Å². The zero-order valence-electron chi connectivity index (χ0n) is 11.7. The highest BCUT2D eigenvalue weighted by Gasteiger charge is 2.13. The van der Waals surface area contributed by atoms with Gasteiger partial charge in [0, 0.05) is 28.5 Å². The Morgan fingerprint density at radius 1 is 1.27 bits per heavy atom. The molecule has 0 heterocycles. The lowest BCUT2D eigenvalue weighted by Gasteiger charge is -2.09. The lowest BCUT2D eigenvalue weighted by atomic mass is 10.2. The van der Waals surface area contributed by atoms with Crippen molar-refractivity contribution in [2.45, 2.75) is 4.90 Å². The summed E-state index contributed by atoms with van der Waals surface area (Å²) >= 11 is 1.51. The first-order valence-corrected chi connectivity index (χ1v) is 7.49. The zero-order chi connectivity index (χ0) is 15.9. The van der Waals surface area contributed by atoms with E-state index in [0.717, 1.165) is 4.90 Å². The van der Waals surface area contributed by atoms with Crippen molar-refractivity contribution in [2.24, 2.45) is 0 Å². The molecule has 22 heavy (non-hydrogen) atoms. The maximum atomic E-state index is 12.4. The lowest BCUT2D eigenvalue weighted by Crippen LogP contribution is -2.13. The summed E-state index contributed by atoms with van der Waals surface area (Å²) in [6.45, 7) is 3.66. The van der Waals surface area contributed by atoms with E-state index in [-0.39, 0.29) is 11.6 Å². The summed E-state index contributed by atoms with van der Waals surface area (Å²) in [7, 11) is 0. The van der Waals surface area contributed by atoms with E-state index in [4.69, 9.17) is 0 Å². The molecule has 2 aromatic carbocycles. The Balaban J connectivity index is 2.20. The number of nitro groups is 1. The number of anilines is 1. The average Bonchev–Trinajstić information content (AvgIpc) is 2.53. The molecule has 2 rings (SSSR count). The Labute approximate surface area is 132 Å². The van der Waals surface area contributed by atoms with Crippen LogP contribution in [0.3, 0.4) is 0 Å². The van der Waals surface area contributed by atoms with E-state index in [1.807, 2.05) is 12.1 Å². The van der Waals surface area contributed by atoms with E-state index in [9.17, 15) is 14.9 Å². The summed E-state index contributed by atoms with van der Waals surface area (Å²) in [5.74, 6) is 0.397. The molecular weight excluding hydrogens is 300 g/mol. The van der Waals surface area contributed by atoms with Crippen molar-refractivity contribution in [1.29, 1.82) is 0 Å². The summed E-state index contributed by atoms with van der Waals surface area (Å²) in [6.07, 6.45) is 1.76. The molecule has 0 unspecified atom stereocenters. The van der Waals surface area contributed by atoms with Crippen molar-refractivity contribution in [3.8, 4) is 0 Å². The van der Waals surface area contributed by atoms with Gasteiger partial charge in [-0.05, 0) is 18.2 Å². The molecule has 0 radical (unpaired) electrons. The van der Waals surface area contributed by atoms with E-state index in [2.05, 4.69) is 11.9 Å². The third-order valence-electron chi connectivity index (χ3n) is 2.80. The first kappa shape index (κ1) is 15.8. The fourth-order valence-corrected chi connectivity index (χ4v) is 2.61. The SMILES string of the molecule is C=CCSc1ccccc1C(=O)Nc1cccc([N+](=O)[O-])c1. The van der Waals surface area contributed by atoms with Crippen molar-refractivity contribution in [3.63, 3.8) is 0 Å². The van der Waals surface area contributed by atoms with E-state index in [1.54, 1.807) is 24.3 Å². The number of thioether (sulfide) groups is 1. The number of hydrogen-bond acceptors (Lipinski definition) is 4. The molecule has 6 heteroatoms. The topological polar surface area (TPSA) is 72.2 Å². The summed E-state index contributed by atoms with van der Waals surface area (Å²) in [5.41, 5.74) is 0.857. The van der Waals surface area contributed by atoms with Gasteiger partial charge in [0.15, 0.2) is 0 Å². The Hall–Kier alpha value is -2.60. The van der Waals surface area contributed by atoms with Crippen molar-refractivity contribution in [3.05, 3.63) is 76.9 Å². The van der Waals surface area contributed by atoms with Gasteiger partial charge in [-0.25, -0.2) is 0 Å². The van der Waals surface area contributed by atoms with Gasteiger partial charge in [-0.1, -0.05) is 24.3 Å². The minimum atomic E-state index is -0.496. The van der Waals surface area contributed by atoms with Gasteiger partial charge >= 0.3 is 0 Å². The van der Waals surface area contributed by atoms with Gasteiger partial charge in [0.1, 0.15) is 0 Å². The molecule has 112 valence electrons. The van der Waals surface area contributed by atoms with Crippen molar-refractivity contribution in [1.82, 2.24) is 0 Å². The van der Waals surface area contributed by atoms with Crippen LogP contribution in [0.15, 0.2) is 66.1 Å². The van der Waals surface area contributed by atoms with Gasteiger partial charge in [-0.3, -0.25) is 14.9 Å². The van der Waals surface area contributed by atoms with Crippen LogP contribution in [0.1, 0.15) is 10.4 Å². The maximum Gasteiger partial charge on any atom is 0.271 e. The molecule has 0 aromatic heterocycles. The summed E-state index contributed by atoms with van der Waals surface area (Å²) < 4.78 is 0. The molecule has 0 aliphatic carbocycles. The minimum Gasteiger partial charge on any atom is -0.322 e. The predicted octanol–water partition coefficient (Wildman–Crippen LogP) is 4.13. The lowest BCUT2D eigenvalue weighted by molar-refractivity contribution is -0.384. The summed E-state index contributed by atoms with van der Waals surface area (Å²) in [4.78, 5) is 23.5. The summed E-state index contributed by atoms with van der Waals surface area (Å²) in [5, 5.41) is 13.4. The summed E-state index contributed by atoms with van der Waals surface area (Å²) in [6, 6.07) is 13.1. The van der Waals surface area contributed by atoms with Crippen LogP contribution in [0.5, 0.6) is 0 Å². The fourth-order valence-electron chi connectivity index (χ4n) is 1.82. The number of rotatable bonds is 6. The first-order valence-electron chi connectivity index (χ1n) is 6.50. The molecule has 1 N–H and O–H groups in total. The van der Waals surface area contributed by atoms with Crippen LogP contribution >= 0.6 is 11.8 Å². The number of carbonyl (C=O) groups excluding carboxylic acids is 1. The molecule has 0 aliphatic heterocycles. The van der Waals surface area contributed by atoms with Crippen LogP contribution < -0.4 is 5.32 Å². The van der Waals surface area contributed by atoms with Crippen LogP contribution in [0.2, 0.25) is 0 Å². The number of non-ortho nitro benzene ring substituents is 1. The highest BCUT2D eigenvalue weighted by Crippen LogP contribution is 2.24. The molecule has 5 nitrogen and oxygen atoms in total. The number of nitro benzene ring substituents is 1. The van der Waals surface area contributed by atoms with Crippen molar-refractivity contribution < 1.29 is 9.72 Å². The Kier molecular flexibility index (Phi) is 5.32. The van der Waals surface area contributed by atoms with Gasteiger partial charge in [0.2, 0.25) is 0 Å². The number of carbonyl (C=O) groups is 1. The Morgan fingerprint density at radius 3 is 2.77 bits per heavy atom. The van der Waals surface area contributed by atoms with Crippen LogP contribution in [0.25, 0.3) is 0 Å². The molecule has 0 aliphatic rings. The van der Waals surface area contributed by atoms with Gasteiger partial charge in [0.25, 0.3) is 11.6 Å². The monoisotopic (exact) mass is 314 g/mol. The van der Waals surface area contributed by atoms with Gasteiger partial charge in [-0.2, -0.15) is 0 Å². The quantitative estimate of drug-likeness (QED) is 0.377. The largest absolute Gasteiger partial charge is 0.322 e. The number of nitrogens with one attached hydrogen (secondary N) is 1. The molecule has 0 saturated heterocycles. The standard InChI is InChI=1S/C16H14N2O3S/c1-2-10-22-15-9-4-3-8-14(15)16(19)17-12-6-5-7-13(11-12)18(20)21/h2-9,11H,1,10H2,(H,17,19). The van der Waals surface area contributed by atoms with Crippen molar-refractivity contribution >= 4 is 29.0 Å². The highest BCUT2D eigenvalue weighted by molar-refractivity contribution is 7.99. The molecule has 2 aromatic rings. The van der Waals surface area contributed by atoms with E-state index in [0.29, 0.717) is 17.0 Å². The highest BCUT2D eigenvalue weighted by atomic mass is 32.2. The van der Waals surface area contributed by atoms with Crippen LogP contribution in [0.4, 0.5) is 11.4 Å². The fraction of sp³-hybridized carbons (Fsp3) is 0.0625. The third kappa shape index (κ3) is 3.95. The Bertz CT molecular complexity index is 716. The van der Waals surface area contributed by atoms with Crippen LogP contribution in [0, 0.1) is 10.1 Å². The van der Waals surface area contributed by atoms with Crippen LogP contribution in [-0.2, 0) is 0 Å². The van der Waals surface area contributed by atoms with Gasteiger partial charge in [0.05, 0.1) is 10.5 Å². The minimum absolute atomic E-state index is 0.0629. The number of amides is 1. The normalized spacial score (nSPS) is 10.0. The zero-order valence-corrected chi connectivity index (χ0v) is 12.5. The smallest absolute Gasteiger partial charge is 0.271 e. The molecule has 0 fully saturated rings. The van der Waals surface area contributed by atoms with Gasteiger partial charge in [-0.15, -0.1) is 18.3 Å². The molecule has 0 saturated carbocycles. The Morgan fingerprint density at radius 2 is 2.05 bits per heavy atom. The second-order valence-electron chi connectivity index (χ2n) is 4.36. The molecule has 1 amide bonds. The average molecular weight is 314 g/mol. The van der Waals surface area contributed by atoms with Gasteiger partial charge < -0.3 is 5.32 Å². The number of benzene rings is 2.